The van der Waals surface area contributed by atoms with Gasteiger partial charge in [0.2, 0.25) is 0 Å². The van der Waals surface area contributed by atoms with E-state index in [-0.39, 0.29) is 17.4 Å². The topological polar surface area (TPSA) is 29.5 Å². The second-order valence-corrected chi connectivity index (χ2v) is 9.74. The maximum atomic E-state index is 14.4. The minimum absolute atomic E-state index is 0.165. The SMILES string of the molecule is CC(=O)c1cc(C2CC2)c(OCC2CCN(C(C)c3cc(Cl)cc(Cl)c3)CC2)cc1F. The van der Waals surface area contributed by atoms with E-state index in [1.54, 1.807) is 12.1 Å². The van der Waals surface area contributed by atoms with Crippen molar-refractivity contribution in [2.45, 2.75) is 51.5 Å². The van der Waals surface area contributed by atoms with E-state index in [9.17, 15) is 9.18 Å². The lowest BCUT2D eigenvalue weighted by molar-refractivity contribution is 0.101. The summed E-state index contributed by atoms with van der Waals surface area (Å²) >= 11 is 12.3. The van der Waals surface area contributed by atoms with E-state index in [1.807, 2.05) is 12.1 Å². The van der Waals surface area contributed by atoms with Gasteiger partial charge in [0.05, 0.1) is 12.2 Å². The number of carbonyl (C=O) groups is 1. The Balaban J connectivity index is 1.35. The van der Waals surface area contributed by atoms with Gasteiger partial charge in [0.25, 0.3) is 0 Å². The number of halogens is 3. The van der Waals surface area contributed by atoms with E-state index in [1.165, 1.54) is 13.0 Å². The molecular weight excluding hydrogens is 436 g/mol. The third-order valence-electron chi connectivity index (χ3n) is 6.53. The fraction of sp³-hybridized carbons (Fsp3) is 0.480. The van der Waals surface area contributed by atoms with Crippen LogP contribution in [-0.4, -0.2) is 30.4 Å². The van der Waals surface area contributed by atoms with Crippen LogP contribution in [0.3, 0.4) is 0 Å². The number of ether oxygens (including phenoxy) is 1. The van der Waals surface area contributed by atoms with Crippen molar-refractivity contribution in [3.8, 4) is 5.75 Å². The lowest BCUT2D eigenvalue weighted by atomic mass is 9.95. The van der Waals surface area contributed by atoms with Gasteiger partial charge in [0.15, 0.2) is 5.78 Å². The van der Waals surface area contributed by atoms with Gasteiger partial charge in [0, 0.05) is 22.2 Å². The molecule has 2 fully saturated rings. The molecule has 2 aromatic carbocycles. The predicted octanol–water partition coefficient (Wildman–Crippen LogP) is 7.06. The number of benzene rings is 2. The van der Waals surface area contributed by atoms with Crippen LogP contribution < -0.4 is 4.74 Å². The number of carbonyl (C=O) groups excluding carboxylic acids is 1. The zero-order valence-electron chi connectivity index (χ0n) is 18.0. The van der Waals surface area contributed by atoms with Crippen molar-refractivity contribution in [1.29, 1.82) is 0 Å². The molecule has 166 valence electrons. The number of hydrogen-bond acceptors (Lipinski definition) is 3. The van der Waals surface area contributed by atoms with Crippen LogP contribution in [0.15, 0.2) is 30.3 Å². The molecule has 2 aromatic rings. The van der Waals surface area contributed by atoms with Crippen LogP contribution in [0, 0.1) is 11.7 Å². The average molecular weight is 464 g/mol. The average Bonchev–Trinajstić information content (AvgIpc) is 3.56. The molecule has 2 aliphatic rings. The monoisotopic (exact) mass is 463 g/mol. The summed E-state index contributed by atoms with van der Waals surface area (Å²) < 4.78 is 20.5. The maximum Gasteiger partial charge on any atom is 0.162 e. The van der Waals surface area contributed by atoms with E-state index in [0.717, 1.165) is 49.9 Å². The largest absolute Gasteiger partial charge is 0.493 e. The van der Waals surface area contributed by atoms with Crippen LogP contribution in [0.2, 0.25) is 10.0 Å². The zero-order valence-corrected chi connectivity index (χ0v) is 19.5. The van der Waals surface area contributed by atoms with Gasteiger partial charge in [-0.05, 0) is 99.8 Å². The first-order valence-electron chi connectivity index (χ1n) is 11.0. The highest BCUT2D eigenvalue weighted by Gasteiger charge is 2.30. The molecule has 1 saturated heterocycles. The maximum absolute atomic E-state index is 14.4. The summed E-state index contributed by atoms with van der Waals surface area (Å²) in [7, 11) is 0. The van der Waals surface area contributed by atoms with Gasteiger partial charge >= 0.3 is 0 Å². The highest BCUT2D eigenvalue weighted by atomic mass is 35.5. The molecule has 31 heavy (non-hydrogen) atoms. The molecule has 6 heteroatoms. The molecule has 1 heterocycles. The van der Waals surface area contributed by atoms with Gasteiger partial charge in [-0.25, -0.2) is 4.39 Å². The Bertz CT molecular complexity index is 948. The summed E-state index contributed by atoms with van der Waals surface area (Å²) in [5, 5.41) is 1.32. The van der Waals surface area contributed by atoms with Gasteiger partial charge < -0.3 is 4.74 Å². The van der Waals surface area contributed by atoms with Crippen molar-refractivity contribution in [2.75, 3.05) is 19.7 Å². The van der Waals surface area contributed by atoms with E-state index >= 15 is 0 Å². The molecule has 0 amide bonds. The smallest absolute Gasteiger partial charge is 0.162 e. The fourth-order valence-electron chi connectivity index (χ4n) is 4.42. The Morgan fingerprint density at radius 2 is 1.74 bits per heavy atom. The van der Waals surface area contributed by atoms with Crippen LogP contribution >= 0.6 is 23.2 Å². The van der Waals surface area contributed by atoms with E-state index in [4.69, 9.17) is 27.9 Å². The Labute approximate surface area is 193 Å². The number of Topliss-reactive ketones (excluding diaryl/α,β-unsaturated/α-hetero) is 1. The molecule has 0 aromatic heterocycles. The Kier molecular flexibility index (Phi) is 6.90. The van der Waals surface area contributed by atoms with Gasteiger partial charge in [-0.2, -0.15) is 0 Å². The van der Waals surface area contributed by atoms with E-state index in [2.05, 4.69) is 11.8 Å². The third kappa shape index (κ3) is 5.42. The van der Waals surface area contributed by atoms with Crippen LogP contribution in [0.5, 0.6) is 5.75 Å². The molecule has 0 spiro atoms. The Morgan fingerprint density at radius 1 is 1.10 bits per heavy atom. The molecule has 1 unspecified atom stereocenters. The fourth-order valence-corrected chi connectivity index (χ4v) is 4.96. The summed E-state index contributed by atoms with van der Waals surface area (Å²) in [5.74, 6) is 0.688. The lowest BCUT2D eigenvalue weighted by Crippen LogP contribution is -2.37. The van der Waals surface area contributed by atoms with Gasteiger partial charge in [-0.15, -0.1) is 0 Å². The first-order valence-corrected chi connectivity index (χ1v) is 11.7. The second kappa shape index (κ2) is 9.48. The number of nitrogens with zero attached hydrogens (tertiary/aromatic N) is 1. The summed E-state index contributed by atoms with van der Waals surface area (Å²) in [5.41, 5.74) is 2.27. The minimum Gasteiger partial charge on any atom is -0.493 e. The Morgan fingerprint density at radius 3 is 2.32 bits per heavy atom. The first kappa shape index (κ1) is 22.6. The molecule has 1 aliphatic heterocycles. The molecule has 1 saturated carbocycles. The highest BCUT2D eigenvalue weighted by molar-refractivity contribution is 6.34. The number of rotatable bonds is 7. The number of likely N-dealkylation sites (tertiary alicyclic amines) is 1. The Hall–Kier alpha value is -1.62. The molecule has 1 atom stereocenters. The molecule has 4 rings (SSSR count). The van der Waals surface area contributed by atoms with Crippen molar-refractivity contribution in [3.63, 3.8) is 0 Å². The van der Waals surface area contributed by atoms with Crippen LogP contribution in [0.1, 0.15) is 73.0 Å². The summed E-state index contributed by atoms with van der Waals surface area (Å²) in [6.07, 6.45) is 4.18. The minimum atomic E-state index is -0.490. The van der Waals surface area contributed by atoms with Gasteiger partial charge in [0.1, 0.15) is 11.6 Å². The van der Waals surface area contributed by atoms with Crippen molar-refractivity contribution in [1.82, 2.24) is 4.90 Å². The van der Waals surface area contributed by atoms with Gasteiger partial charge in [-0.3, -0.25) is 9.69 Å². The van der Waals surface area contributed by atoms with Crippen molar-refractivity contribution < 1.29 is 13.9 Å². The normalized spacial score (nSPS) is 18.7. The standard InChI is InChI=1S/C25H28Cl2FNO2/c1-15(19-9-20(26)11-21(27)10-19)29-7-5-17(6-8-29)14-31-25-13-24(28)22(16(2)30)12-23(25)18-3-4-18/h9-13,15,17-18H,3-8,14H2,1-2H3. The molecule has 0 bridgehead atoms. The lowest BCUT2D eigenvalue weighted by Gasteiger charge is -2.36. The molecule has 0 radical (unpaired) electrons. The first-order chi connectivity index (χ1) is 14.8. The second-order valence-electron chi connectivity index (χ2n) is 8.87. The number of piperidine rings is 1. The quantitative estimate of drug-likeness (QED) is 0.411. The number of ketones is 1. The van der Waals surface area contributed by atoms with Crippen LogP contribution in [-0.2, 0) is 0 Å². The third-order valence-corrected chi connectivity index (χ3v) is 6.97. The summed E-state index contributed by atoms with van der Waals surface area (Å²) in [4.78, 5) is 14.1. The number of hydrogen-bond donors (Lipinski definition) is 0. The summed E-state index contributed by atoms with van der Waals surface area (Å²) in [6.45, 7) is 6.09. The van der Waals surface area contributed by atoms with Crippen molar-refractivity contribution in [3.05, 3.63) is 62.9 Å². The highest BCUT2D eigenvalue weighted by Crippen LogP contribution is 2.45. The van der Waals surface area contributed by atoms with E-state index < -0.39 is 5.82 Å². The van der Waals surface area contributed by atoms with Crippen molar-refractivity contribution in [2.24, 2.45) is 5.92 Å². The van der Waals surface area contributed by atoms with E-state index in [0.29, 0.717) is 34.2 Å². The van der Waals surface area contributed by atoms with Crippen molar-refractivity contribution >= 4 is 29.0 Å². The van der Waals surface area contributed by atoms with Crippen LogP contribution in [0.4, 0.5) is 4.39 Å². The molecule has 0 N–H and O–H groups in total. The zero-order chi connectivity index (χ0) is 22.1. The summed E-state index contributed by atoms with van der Waals surface area (Å²) in [6, 6.07) is 9.06. The van der Waals surface area contributed by atoms with Gasteiger partial charge in [-0.1, -0.05) is 23.2 Å². The predicted molar refractivity (Wildman–Crippen MR) is 123 cm³/mol. The molecular formula is C25H28Cl2FNO2. The van der Waals surface area contributed by atoms with Crippen LogP contribution in [0.25, 0.3) is 0 Å². The molecule has 1 aliphatic carbocycles. The molecule has 3 nitrogen and oxygen atoms in total.